The van der Waals surface area contributed by atoms with Crippen molar-refractivity contribution in [3.05, 3.63) is 83.8 Å². The molecule has 26 heavy (non-hydrogen) atoms. The van der Waals surface area contributed by atoms with Crippen LogP contribution in [0.5, 0.6) is 0 Å². The Kier molecular flexibility index (Phi) is 4.18. The van der Waals surface area contributed by atoms with Crippen LogP contribution in [0.15, 0.2) is 61.4 Å². The molecule has 4 rings (SSSR count). The molecule has 7 nitrogen and oxygen atoms in total. The standard InChI is InChI=1S/C19H17N5O2/c1-14-2-7-18-22-17(10-23(18)8-14)11-26-19(25)16-5-3-15(4-6-16)9-24-13-20-12-21-24/h2-8,10,12-13H,9,11H2,1H3. The highest BCUT2D eigenvalue weighted by molar-refractivity contribution is 5.89. The van der Waals surface area contributed by atoms with Crippen molar-refractivity contribution in [3.63, 3.8) is 0 Å². The van der Waals surface area contributed by atoms with Gasteiger partial charge in [0, 0.05) is 12.4 Å². The van der Waals surface area contributed by atoms with E-state index in [0.29, 0.717) is 17.8 Å². The molecule has 0 fully saturated rings. The Morgan fingerprint density at radius 3 is 2.73 bits per heavy atom. The number of nitrogens with zero attached hydrogens (tertiary/aromatic N) is 5. The maximum Gasteiger partial charge on any atom is 0.338 e. The number of fused-ring (bicyclic) bond motifs is 1. The first-order valence-electron chi connectivity index (χ1n) is 8.20. The molecule has 0 aliphatic carbocycles. The second kappa shape index (κ2) is 6.79. The summed E-state index contributed by atoms with van der Waals surface area (Å²) in [6.07, 6.45) is 7.00. The lowest BCUT2D eigenvalue weighted by atomic mass is 10.1. The molecule has 3 heterocycles. The topological polar surface area (TPSA) is 74.3 Å². The van der Waals surface area contributed by atoms with Crippen LogP contribution in [0.25, 0.3) is 5.65 Å². The molecule has 0 aliphatic rings. The van der Waals surface area contributed by atoms with Crippen LogP contribution < -0.4 is 0 Å². The summed E-state index contributed by atoms with van der Waals surface area (Å²) in [5, 5.41) is 4.06. The Balaban J connectivity index is 1.39. The van der Waals surface area contributed by atoms with Gasteiger partial charge in [0.1, 0.15) is 24.9 Å². The van der Waals surface area contributed by atoms with Gasteiger partial charge in [-0.1, -0.05) is 18.2 Å². The lowest BCUT2D eigenvalue weighted by molar-refractivity contribution is 0.0468. The Morgan fingerprint density at radius 2 is 1.96 bits per heavy atom. The first kappa shape index (κ1) is 16.0. The van der Waals surface area contributed by atoms with Gasteiger partial charge in [-0.2, -0.15) is 5.10 Å². The van der Waals surface area contributed by atoms with Crippen molar-refractivity contribution in [2.24, 2.45) is 0 Å². The van der Waals surface area contributed by atoms with E-state index in [0.717, 1.165) is 16.8 Å². The first-order valence-corrected chi connectivity index (χ1v) is 8.20. The summed E-state index contributed by atoms with van der Waals surface area (Å²) >= 11 is 0. The van der Waals surface area contributed by atoms with Crippen molar-refractivity contribution in [2.75, 3.05) is 0 Å². The molecule has 4 aromatic rings. The van der Waals surface area contributed by atoms with E-state index in [1.54, 1.807) is 23.1 Å². The molecule has 130 valence electrons. The SMILES string of the molecule is Cc1ccc2nc(COC(=O)c3ccc(Cn4cncn4)cc3)cn2c1. The highest BCUT2D eigenvalue weighted by Gasteiger charge is 2.09. The molecule has 0 amide bonds. The molecule has 0 saturated carbocycles. The Hall–Kier alpha value is -3.48. The van der Waals surface area contributed by atoms with Gasteiger partial charge in [-0.25, -0.2) is 19.4 Å². The molecule has 3 aromatic heterocycles. The summed E-state index contributed by atoms with van der Waals surface area (Å²) < 4.78 is 9.03. The molecule has 0 spiro atoms. The van der Waals surface area contributed by atoms with E-state index in [4.69, 9.17) is 4.74 Å². The molecule has 7 heteroatoms. The van der Waals surface area contributed by atoms with Crippen LogP contribution >= 0.6 is 0 Å². The smallest absolute Gasteiger partial charge is 0.338 e. The molecule has 0 aliphatic heterocycles. The number of hydrogen-bond acceptors (Lipinski definition) is 5. The van der Waals surface area contributed by atoms with Gasteiger partial charge in [-0.3, -0.25) is 0 Å². The van der Waals surface area contributed by atoms with Crippen molar-refractivity contribution in [1.82, 2.24) is 24.1 Å². The maximum atomic E-state index is 12.2. The normalized spacial score (nSPS) is 11.0. The van der Waals surface area contributed by atoms with Crippen LogP contribution in [-0.4, -0.2) is 30.1 Å². The summed E-state index contributed by atoms with van der Waals surface area (Å²) in [6.45, 7) is 2.77. The van der Waals surface area contributed by atoms with E-state index < -0.39 is 0 Å². The summed E-state index contributed by atoms with van der Waals surface area (Å²) in [5.74, 6) is -0.370. The minimum absolute atomic E-state index is 0.139. The molecule has 0 unspecified atom stereocenters. The maximum absolute atomic E-state index is 12.2. The summed E-state index contributed by atoms with van der Waals surface area (Å²) in [5.41, 5.74) is 4.23. The van der Waals surface area contributed by atoms with Gasteiger partial charge in [0.15, 0.2) is 0 Å². The van der Waals surface area contributed by atoms with E-state index in [1.807, 2.05) is 48.0 Å². The zero-order chi connectivity index (χ0) is 17.9. The lowest BCUT2D eigenvalue weighted by Crippen LogP contribution is -2.06. The number of carbonyl (C=O) groups excluding carboxylic acids is 1. The fourth-order valence-corrected chi connectivity index (χ4v) is 2.70. The van der Waals surface area contributed by atoms with Crippen molar-refractivity contribution < 1.29 is 9.53 Å². The zero-order valence-corrected chi connectivity index (χ0v) is 14.2. The van der Waals surface area contributed by atoms with E-state index in [2.05, 4.69) is 15.1 Å². The summed E-state index contributed by atoms with van der Waals surface area (Å²) in [7, 11) is 0. The number of pyridine rings is 1. The molecule has 0 bridgehead atoms. The third-order valence-corrected chi connectivity index (χ3v) is 4.00. The van der Waals surface area contributed by atoms with E-state index in [1.165, 1.54) is 6.33 Å². The molecule has 0 atom stereocenters. The Morgan fingerprint density at radius 1 is 1.12 bits per heavy atom. The van der Waals surface area contributed by atoms with Crippen LogP contribution in [0.4, 0.5) is 0 Å². The van der Waals surface area contributed by atoms with Crippen LogP contribution in [0.2, 0.25) is 0 Å². The van der Waals surface area contributed by atoms with Crippen LogP contribution in [0.3, 0.4) is 0 Å². The van der Waals surface area contributed by atoms with Gasteiger partial charge in [0.25, 0.3) is 0 Å². The second-order valence-electron chi connectivity index (χ2n) is 6.07. The Bertz CT molecular complexity index is 1040. The molecule has 0 saturated heterocycles. The highest BCUT2D eigenvalue weighted by Crippen LogP contribution is 2.11. The molecule has 1 aromatic carbocycles. The quantitative estimate of drug-likeness (QED) is 0.519. The first-order chi connectivity index (χ1) is 12.7. The Labute approximate surface area is 149 Å². The molecule has 0 N–H and O–H groups in total. The van der Waals surface area contributed by atoms with Crippen molar-refractivity contribution in [2.45, 2.75) is 20.1 Å². The number of esters is 1. The van der Waals surface area contributed by atoms with Gasteiger partial charge in [-0.05, 0) is 36.2 Å². The molecular weight excluding hydrogens is 330 g/mol. The second-order valence-corrected chi connectivity index (χ2v) is 6.07. The van der Waals surface area contributed by atoms with Crippen molar-refractivity contribution in [3.8, 4) is 0 Å². The fraction of sp³-hybridized carbons (Fsp3) is 0.158. The van der Waals surface area contributed by atoms with Crippen molar-refractivity contribution >= 4 is 11.6 Å². The lowest BCUT2D eigenvalue weighted by Gasteiger charge is -2.05. The number of aromatic nitrogens is 5. The van der Waals surface area contributed by atoms with Crippen LogP contribution in [0, 0.1) is 6.92 Å². The predicted molar refractivity (Wildman–Crippen MR) is 94.6 cm³/mol. The van der Waals surface area contributed by atoms with Crippen molar-refractivity contribution in [1.29, 1.82) is 0 Å². The third kappa shape index (κ3) is 3.46. The summed E-state index contributed by atoms with van der Waals surface area (Å²) in [4.78, 5) is 20.6. The highest BCUT2D eigenvalue weighted by atomic mass is 16.5. The predicted octanol–water partition coefficient (Wildman–Crippen LogP) is 2.64. The minimum atomic E-state index is -0.370. The molecular formula is C19H17N5O2. The number of ether oxygens (including phenoxy) is 1. The number of rotatable bonds is 5. The number of imidazole rings is 1. The van der Waals surface area contributed by atoms with Gasteiger partial charge >= 0.3 is 5.97 Å². The number of aryl methyl sites for hydroxylation is 1. The average Bonchev–Trinajstić information content (AvgIpc) is 3.29. The van der Waals surface area contributed by atoms with Gasteiger partial charge in [0.2, 0.25) is 0 Å². The largest absolute Gasteiger partial charge is 0.456 e. The van der Waals surface area contributed by atoms with E-state index in [9.17, 15) is 4.79 Å². The number of benzene rings is 1. The third-order valence-electron chi connectivity index (χ3n) is 4.00. The summed E-state index contributed by atoms with van der Waals surface area (Å²) in [6, 6.07) is 11.2. The van der Waals surface area contributed by atoms with Gasteiger partial charge < -0.3 is 9.14 Å². The van der Waals surface area contributed by atoms with Gasteiger partial charge in [-0.15, -0.1) is 0 Å². The monoisotopic (exact) mass is 347 g/mol. The van der Waals surface area contributed by atoms with Gasteiger partial charge in [0.05, 0.1) is 17.8 Å². The fourth-order valence-electron chi connectivity index (χ4n) is 2.70. The zero-order valence-electron chi connectivity index (χ0n) is 14.2. The molecule has 0 radical (unpaired) electrons. The van der Waals surface area contributed by atoms with Crippen LogP contribution in [-0.2, 0) is 17.9 Å². The minimum Gasteiger partial charge on any atom is -0.456 e. The van der Waals surface area contributed by atoms with Crippen LogP contribution in [0.1, 0.15) is 27.2 Å². The van der Waals surface area contributed by atoms with E-state index >= 15 is 0 Å². The number of hydrogen-bond donors (Lipinski definition) is 0. The van der Waals surface area contributed by atoms with E-state index in [-0.39, 0.29) is 12.6 Å². The average molecular weight is 347 g/mol. The number of carbonyl (C=O) groups is 1.